The van der Waals surface area contributed by atoms with Crippen LogP contribution in [0.3, 0.4) is 0 Å². The molecule has 2 aromatic rings. The molecule has 0 unspecified atom stereocenters. The molecule has 1 aromatic heterocycles. The number of carbonyl (C=O) groups excluding carboxylic acids is 2. The summed E-state index contributed by atoms with van der Waals surface area (Å²) in [5.74, 6) is 1.01. The number of aromatic nitrogens is 1. The highest BCUT2D eigenvalue weighted by atomic mass is 16.2. The van der Waals surface area contributed by atoms with E-state index in [9.17, 15) is 9.59 Å². The van der Waals surface area contributed by atoms with E-state index < -0.39 is 0 Å². The van der Waals surface area contributed by atoms with E-state index in [0.29, 0.717) is 43.5 Å². The highest BCUT2D eigenvalue weighted by Gasteiger charge is 2.21. The SMILES string of the molecule is CC(C)c1ccccc1Nc1cc(C(=O)N2CCN(C=O)CC2)ccn1. The molecular weight excluding hydrogens is 328 g/mol. The van der Waals surface area contributed by atoms with Crippen LogP contribution in [0.4, 0.5) is 11.5 Å². The van der Waals surface area contributed by atoms with Gasteiger partial charge in [-0.3, -0.25) is 9.59 Å². The first-order chi connectivity index (χ1) is 12.6. The third kappa shape index (κ3) is 4.02. The minimum atomic E-state index is -0.0295. The Morgan fingerprint density at radius 1 is 1.15 bits per heavy atom. The minimum Gasteiger partial charge on any atom is -0.342 e. The summed E-state index contributed by atoms with van der Waals surface area (Å²) < 4.78 is 0. The van der Waals surface area contributed by atoms with Crippen LogP contribution in [0.2, 0.25) is 0 Å². The number of carbonyl (C=O) groups is 2. The zero-order chi connectivity index (χ0) is 18.5. The molecule has 1 N–H and O–H groups in total. The maximum absolute atomic E-state index is 12.7. The summed E-state index contributed by atoms with van der Waals surface area (Å²) in [6, 6.07) is 11.6. The normalized spacial score (nSPS) is 14.4. The average Bonchev–Trinajstić information content (AvgIpc) is 2.68. The Bertz CT molecular complexity index is 783. The van der Waals surface area contributed by atoms with E-state index >= 15 is 0 Å². The number of hydrogen-bond acceptors (Lipinski definition) is 4. The fraction of sp³-hybridized carbons (Fsp3) is 0.350. The highest BCUT2D eigenvalue weighted by Crippen LogP contribution is 2.26. The molecule has 1 aliphatic rings. The molecular formula is C20H24N4O2. The van der Waals surface area contributed by atoms with Crippen LogP contribution in [0, 0.1) is 0 Å². The van der Waals surface area contributed by atoms with Gasteiger partial charge in [0, 0.05) is 43.6 Å². The molecule has 6 nitrogen and oxygen atoms in total. The van der Waals surface area contributed by atoms with Crippen LogP contribution in [0.25, 0.3) is 0 Å². The second-order valence-corrected chi connectivity index (χ2v) is 6.73. The quantitative estimate of drug-likeness (QED) is 0.841. The predicted octanol–water partition coefficient (Wildman–Crippen LogP) is 2.86. The van der Waals surface area contributed by atoms with Crippen molar-refractivity contribution < 1.29 is 9.59 Å². The van der Waals surface area contributed by atoms with Crippen LogP contribution in [0.5, 0.6) is 0 Å². The number of nitrogens with one attached hydrogen (secondary N) is 1. The van der Waals surface area contributed by atoms with Gasteiger partial charge >= 0.3 is 0 Å². The van der Waals surface area contributed by atoms with E-state index in [1.807, 2.05) is 18.2 Å². The van der Waals surface area contributed by atoms with Crippen molar-refractivity contribution in [2.45, 2.75) is 19.8 Å². The van der Waals surface area contributed by atoms with E-state index in [0.717, 1.165) is 12.1 Å². The Balaban J connectivity index is 1.75. The van der Waals surface area contributed by atoms with Crippen LogP contribution in [-0.2, 0) is 4.79 Å². The Kier molecular flexibility index (Phi) is 5.51. The summed E-state index contributed by atoms with van der Waals surface area (Å²) in [5.41, 5.74) is 2.80. The molecule has 136 valence electrons. The molecule has 1 aromatic carbocycles. The van der Waals surface area contributed by atoms with E-state index in [4.69, 9.17) is 0 Å². The van der Waals surface area contributed by atoms with Crippen molar-refractivity contribution in [2.24, 2.45) is 0 Å². The van der Waals surface area contributed by atoms with Crippen LogP contribution < -0.4 is 5.32 Å². The first-order valence-electron chi connectivity index (χ1n) is 8.89. The van der Waals surface area contributed by atoms with Crippen molar-refractivity contribution in [1.82, 2.24) is 14.8 Å². The van der Waals surface area contributed by atoms with Crippen molar-refractivity contribution >= 4 is 23.8 Å². The van der Waals surface area contributed by atoms with Gasteiger partial charge in [0.15, 0.2) is 0 Å². The number of amides is 2. The molecule has 1 saturated heterocycles. The lowest BCUT2D eigenvalue weighted by Crippen LogP contribution is -2.48. The molecule has 1 aliphatic heterocycles. The lowest BCUT2D eigenvalue weighted by molar-refractivity contribution is -0.119. The summed E-state index contributed by atoms with van der Waals surface area (Å²) in [4.78, 5) is 31.4. The van der Waals surface area contributed by atoms with Gasteiger partial charge in [0.1, 0.15) is 5.82 Å². The molecule has 0 atom stereocenters. The standard InChI is InChI=1S/C20H24N4O2/c1-15(2)17-5-3-4-6-18(17)22-19-13-16(7-8-21-19)20(26)24-11-9-23(14-25)10-12-24/h3-8,13-15H,9-12H2,1-2H3,(H,21,22). The van der Waals surface area contributed by atoms with E-state index in [1.165, 1.54) is 5.56 Å². The smallest absolute Gasteiger partial charge is 0.254 e. The topological polar surface area (TPSA) is 65.5 Å². The first-order valence-corrected chi connectivity index (χ1v) is 8.89. The third-order valence-electron chi connectivity index (χ3n) is 4.60. The molecule has 6 heteroatoms. The van der Waals surface area contributed by atoms with Crippen molar-refractivity contribution in [3.05, 3.63) is 53.7 Å². The van der Waals surface area contributed by atoms with Gasteiger partial charge in [0.25, 0.3) is 5.91 Å². The van der Waals surface area contributed by atoms with Crippen molar-refractivity contribution in [1.29, 1.82) is 0 Å². The minimum absolute atomic E-state index is 0.0295. The van der Waals surface area contributed by atoms with E-state index in [2.05, 4.69) is 30.2 Å². The fourth-order valence-electron chi connectivity index (χ4n) is 3.10. The van der Waals surface area contributed by atoms with Crippen LogP contribution in [0.1, 0.15) is 35.7 Å². The van der Waals surface area contributed by atoms with Gasteiger partial charge < -0.3 is 15.1 Å². The molecule has 3 rings (SSSR count). The number of hydrogen-bond donors (Lipinski definition) is 1. The number of benzene rings is 1. The Morgan fingerprint density at radius 2 is 1.88 bits per heavy atom. The summed E-state index contributed by atoms with van der Waals surface area (Å²) >= 11 is 0. The third-order valence-corrected chi connectivity index (χ3v) is 4.60. The molecule has 0 spiro atoms. The van der Waals surface area contributed by atoms with Gasteiger partial charge in [-0.05, 0) is 29.7 Å². The molecule has 0 aliphatic carbocycles. The molecule has 2 amide bonds. The number of rotatable bonds is 5. The van der Waals surface area contributed by atoms with Gasteiger partial charge in [0.2, 0.25) is 6.41 Å². The number of piperazine rings is 1. The monoisotopic (exact) mass is 352 g/mol. The number of anilines is 2. The second-order valence-electron chi connectivity index (χ2n) is 6.73. The van der Waals surface area contributed by atoms with E-state index in [1.54, 1.807) is 28.1 Å². The Labute approximate surface area is 153 Å². The lowest BCUT2D eigenvalue weighted by atomic mass is 10.0. The number of para-hydroxylation sites is 1. The van der Waals surface area contributed by atoms with Crippen molar-refractivity contribution in [3.63, 3.8) is 0 Å². The number of pyridine rings is 1. The highest BCUT2D eigenvalue weighted by molar-refractivity contribution is 5.95. The summed E-state index contributed by atoms with van der Waals surface area (Å²) in [6.45, 7) is 6.55. The van der Waals surface area contributed by atoms with Crippen LogP contribution >= 0.6 is 0 Å². The molecule has 0 saturated carbocycles. The van der Waals surface area contributed by atoms with Crippen LogP contribution in [0.15, 0.2) is 42.6 Å². The number of nitrogens with zero attached hydrogens (tertiary/aromatic N) is 3. The van der Waals surface area contributed by atoms with Crippen molar-refractivity contribution in [2.75, 3.05) is 31.5 Å². The predicted molar refractivity (Wildman–Crippen MR) is 102 cm³/mol. The fourth-order valence-corrected chi connectivity index (χ4v) is 3.10. The molecule has 2 heterocycles. The van der Waals surface area contributed by atoms with Gasteiger partial charge in [0.05, 0.1) is 0 Å². The zero-order valence-corrected chi connectivity index (χ0v) is 15.2. The molecule has 0 bridgehead atoms. The summed E-state index contributed by atoms with van der Waals surface area (Å²) in [6.07, 6.45) is 2.48. The van der Waals surface area contributed by atoms with E-state index in [-0.39, 0.29) is 5.91 Å². The maximum Gasteiger partial charge on any atom is 0.254 e. The Hall–Kier alpha value is -2.89. The Morgan fingerprint density at radius 3 is 2.58 bits per heavy atom. The maximum atomic E-state index is 12.7. The lowest BCUT2D eigenvalue weighted by Gasteiger charge is -2.32. The van der Waals surface area contributed by atoms with Crippen LogP contribution in [-0.4, -0.2) is 53.3 Å². The van der Waals surface area contributed by atoms with Crippen molar-refractivity contribution in [3.8, 4) is 0 Å². The average molecular weight is 352 g/mol. The summed E-state index contributed by atoms with van der Waals surface area (Å²) in [5, 5.41) is 3.33. The molecule has 1 fully saturated rings. The zero-order valence-electron chi connectivity index (χ0n) is 15.2. The van der Waals surface area contributed by atoms with Gasteiger partial charge in [-0.1, -0.05) is 32.0 Å². The van der Waals surface area contributed by atoms with Gasteiger partial charge in [-0.2, -0.15) is 0 Å². The molecule has 0 radical (unpaired) electrons. The van der Waals surface area contributed by atoms with Gasteiger partial charge in [-0.15, -0.1) is 0 Å². The van der Waals surface area contributed by atoms with Gasteiger partial charge in [-0.25, -0.2) is 4.98 Å². The summed E-state index contributed by atoms with van der Waals surface area (Å²) in [7, 11) is 0. The molecule has 26 heavy (non-hydrogen) atoms. The first kappa shape index (κ1) is 17.9. The largest absolute Gasteiger partial charge is 0.342 e. The second kappa shape index (κ2) is 7.99.